The monoisotopic (exact) mass is 376 g/mol. The molecule has 0 spiro atoms. The first-order valence-corrected chi connectivity index (χ1v) is 10.2. The maximum atomic E-state index is 5.95. The zero-order valence-electron chi connectivity index (χ0n) is 16.0. The molecule has 2 aromatic heterocycles. The van der Waals surface area contributed by atoms with E-state index in [0.29, 0.717) is 0 Å². The Morgan fingerprint density at radius 2 is 1.96 bits per heavy atom. The van der Waals surface area contributed by atoms with Gasteiger partial charge in [-0.15, -0.1) is 11.3 Å². The molecule has 0 aliphatic rings. The molecular formula is C23H24N2OS. The first-order chi connectivity index (χ1) is 13.1. The van der Waals surface area contributed by atoms with Crippen molar-refractivity contribution < 1.29 is 4.74 Å². The Morgan fingerprint density at radius 3 is 2.63 bits per heavy atom. The molecule has 0 fully saturated rings. The molecule has 1 atom stereocenters. The fourth-order valence-corrected chi connectivity index (χ4v) is 4.52. The van der Waals surface area contributed by atoms with Crippen LogP contribution in [0.5, 0.6) is 5.75 Å². The maximum Gasteiger partial charge on any atom is 0.127 e. The Morgan fingerprint density at radius 1 is 1.19 bits per heavy atom. The minimum atomic E-state index is 0.157. The van der Waals surface area contributed by atoms with E-state index < -0.39 is 0 Å². The standard InChI is InChI=1S/C23H24N2OS/c1-4-16-12-19(26-3)21(17-7-5-15(6-8-17)11-14(2)24)22-18-9-10-27-20(18)13-25-23(16)22/h5-10,12-14H,4,11,24H2,1-3H3. The molecule has 27 heavy (non-hydrogen) atoms. The van der Waals surface area contributed by atoms with Crippen molar-refractivity contribution in [3.05, 3.63) is 59.1 Å². The quantitative estimate of drug-likeness (QED) is 0.495. The molecular weight excluding hydrogens is 352 g/mol. The van der Waals surface area contributed by atoms with E-state index in [1.54, 1.807) is 18.4 Å². The van der Waals surface area contributed by atoms with Crippen LogP contribution in [0.4, 0.5) is 0 Å². The van der Waals surface area contributed by atoms with E-state index in [9.17, 15) is 0 Å². The number of pyridine rings is 1. The third-order valence-electron chi connectivity index (χ3n) is 5.02. The molecule has 4 rings (SSSR count). The van der Waals surface area contributed by atoms with Crippen LogP contribution < -0.4 is 10.5 Å². The van der Waals surface area contributed by atoms with Gasteiger partial charge in [-0.2, -0.15) is 0 Å². The van der Waals surface area contributed by atoms with Crippen molar-refractivity contribution >= 4 is 32.3 Å². The number of methoxy groups -OCH3 is 1. The van der Waals surface area contributed by atoms with Crippen LogP contribution in [0.3, 0.4) is 0 Å². The first-order valence-electron chi connectivity index (χ1n) is 9.33. The Hall–Kier alpha value is -2.43. The highest BCUT2D eigenvalue weighted by Gasteiger charge is 2.18. The molecule has 4 aromatic rings. The third kappa shape index (κ3) is 3.20. The predicted octanol–water partition coefficient (Wildman–Crippen LogP) is 5.58. The zero-order valence-corrected chi connectivity index (χ0v) is 16.8. The normalized spacial score (nSPS) is 12.6. The SMILES string of the molecule is CCc1cc(OC)c(-c2ccc(CC(C)N)cc2)c2c1ncc1sccc12. The Balaban J connectivity index is 2.02. The summed E-state index contributed by atoms with van der Waals surface area (Å²) in [5, 5.41) is 4.56. The van der Waals surface area contributed by atoms with E-state index in [2.05, 4.69) is 48.7 Å². The number of nitrogens with two attached hydrogens (primary N) is 1. The van der Waals surface area contributed by atoms with Crippen molar-refractivity contribution in [2.45, 2.75) is 32.7 Å². The zero-order chi connectivity index (χ0) is 19.0. The minimum absolute atomic E-state index is 0.157. The third-order valence-corrected chi connectivity index (χ3v) is 5.87. The lowest BCUT2D eigenvalue weighted by atomic mass is 9.93. The number of aromatic nitrogens is 1. The molecule has 2 heterocycles. The molecule has 1 unspecified atom stereocenters. The molecule has 138 valence electrons. The lowest BCUT2D eigenvalue weighted by Gasteiger charge is -2.16. The highest BCUT2D eigenvalue weighted by molar-refractivity contribution is 7.17. The second-order valence-electron chi connectivity index (χ2n) is 7.03. The summed E-state index contributed by atoms with van der Waals surface area (Å²) >= 11 is 1.73. The lowest BCUT2D eigenvalue weighted by molar-refractivity contribution is 0.416. The van der Waals surface area contributed by atoms with Crippen molar-refractivity contribution in [2.24, 2.45) is 5.73 Å². The topological polar surface area (TPSA) is 48.1 Å². The van der Waals surface area contributed by atoms with Crippen molar-refractivity contribution in [3.63, 3.8) is 0 Å². The van der Waals surface area contributed by atoms with Crippen molar-refractivity contribution in [2.75, 3.05) is 7.11 Å². The smallest absolute Gasteiger partial charge is 0.127 e. The van der Waals surface area contributed by atoms with Gasteiger partial charge in [-0.1, -0.05) is 31.2 Å². The molecule has 0 aliphatic heterocycles. The molecule has 0 bridgehead atoms. The summed E-state index contributed by atoms with van der Waals surface area (Å²) in [4.78, 5) is 4.81. The molecule has 0 saturated carbocycles. The van der Waals surface area contributed by atoms with Crippen LogP contribution >= 0.6 is 11.3 Å². The van der Waals surface area contributed by atoms with Crippen LogP contribution in [0.15, 0.2) is 48.0 Å². The van der Waals surface area contributed by atoms with Crippen molar-refractivity contribution in [1.29, 1.82) is 0 Å². The van der Waals surface area contributed by atoms with E-state index in [0.717, 1.165) is 35.2 Å². The number of fused-ring (bicyclic) bond motifs is 3. The molecule has 4 heteroatoms. The van der Waals surface area contributed by atoms with Crippen LogP contribution in [0.1, 0.15) is 25.0 Å². The molecule has 0 saturated heterocycles. The molecule has 2 aromatic carbocycles. The van der Waals surface area contributed by atoms with Gasteiger partial charge >= 0.3 is 0 Å². The van der Waals surface area contributed by atoms with Crippen LogP contribution in [0, 0.1) is 0 Å². The number of thiophene rings is 1. The van der Waals surface area contributed by atoms with Gasteiger partial charge in [0.25, 0.3) is 0 Å². The van der Waals surface area contributed by atoms with Gasteiger partial charge in [-0.05, 0) is 54.0 Å². The Kier molecular flexibility index (Phi) is 4.85. The van der Waals surface area contributed by atoms with Gasteiger partial charge < -0.3 is 10.5 Å². The van der Waals surface area contributed by atoms with Gasteiger partial charge in [-0.3, -0.25) is 4.98 Å². The number of benzene rings is 2. The number of hydrogen-bond donors (Lipinski definition) is 1. The van der Waals surface area contributed by atoms with E-state index >= 15 is 0 Å². The Labute approximate surface area is 163 Å². The summed E-state index contributed by atoms with van der Waals surface area (Å²) < 4.78 is 7.03. The Bertz CT molecular complexity index is 1100. The van der Waals surface area contributed by atoms with E-state index in [4.69, 9.17) is 15.5 Å². The number of aryl methyl sites for hydroxylation is 1. The maximum absolute atomic E-state index is 5.95. The number of ether oxygens (including phenoxy) is 1. The van der Waals surface area contributed by atoms with Crippen LogP contribution in [-0.2, 0) is 12.8 Å². The summed E-state index contributed by atoms with van der Waals surface area (Å²) in [6, 6.07) is 13.2. The predicted molar refractivity (Wildman–Crippen MR) is 116 cm³/mol. The van der Waals surface area contributed by atoms with Crippen LogP contribution in [0.2, 0.25) is 0 Å². The summed E-state index contributed by atoms with van der Waals surface area (Å²) in [6.07, 6.45) is 3.79. The highest BCUT2D eigenvalue weighted by Crippen LogP contribution is 2.42. The average Bonchev–Trinajstić information content (AvgIpc) is 3.16. The van der Waals surface area contributed by atoms with E-state index in [-0.39, 0.29) is 6.04 Å². The molecule has 0 amide bonds. The fraction of sp³-hybridized carbons (Fsp3) is 0.261. The summed E-state index contributed by atoms with van der Waals surface area (Å²) in [5.41, 5.74) is 11.7. The minimum Gasteiger partial charge on any atom is -0.496 e. The second kappa shape index (κ2) is 7.29. The largest absolute Gasteiger partial charge is 0.496 e. The average molecular weight is 377 g/mol. The number of nitrogens with zero attached hydrogens (tertiary/aromatic N) is 1. The first kappa shape index (κ1) is 18.0. The van der Waals surface area contributed by atoms with Gasteiger partial charge in [-0.25, -0.2) is 0 Å². The van der Waals surface area contributed by atoms with Crippen LogP contribution in [-0.4, -0.2) is 18.1 Å². The summed E-state index contributed by atoms with van der Waals surface area (Å²) in [5.74, 6) is 0.903. The van der Waals surface area contributed by atoms with Gasteiger partial charge in [0.05, 0.1) is 17.3 Å². The van der Waals surface area contributed by atoms with E-state index in [1.807, 2.05) is 13.1 Å². The van der Waals surface area contributed by atoms with Crippen LogP contribution in [0.25, 0.3) is 32.1 Å². The molecule has 2 N–H and O–H groups in total. The molecule has 0 aliphatic carbocycles. The fourth-order valence-electron chi connectivity index (χ4n) is 3.76. The highest BCUT2D eigenvalue weighted by atomic mass is 32.1. The number of rotatable bonds is 5. The lowest BCUT2D eigenvalue weighted by Crippen LogP contribution is -2.17. The van der Waals surface area contributed by atoms with Gasteiger partial charge in [0.1, 0.15) is 5.75 Å². The van der Waals surface area contributed by atoms with Crippen molar-refractivity contribution in [3.8, 4) is 16.9 Å². The second-order valence-corrected chi connectivity index (χ2v) is 7.97. The number of hydrogen-bond acceptors (Lipinski definition) is 4. The van der Waals surface area contributed by atoms with Gasteiger partial charge in [0.15, 0.2) is 0 Å². The van der Waals surface area contributed by atoms with Gasteiger partial charge in [0.2, 0.25) is 0 Å². The summed E-state index contributed by atoms with van der Waals surface area (Å²) in [7, 11) is 1.75. The van der Waals surface area contributed by atoms with Crippen molar-refractivity contribution in [1.82, 2.24) is 4.98 Å². The molecule has 0 radical (unpaired) electrons. The van der Waals surface area contributed by atoms with E-state index in [1.165, 1.54) is 26.6 Å². The molecule has 3 nitrogen and oxygen atoms in total. The summed E-state index contributed by atoms with van der Waals surface area (Å²) in [6.45, 7) is 4.20. The van der Waals surface area contributed by atoms with Gasteiger partial charge in [0, 0.05) is 28.6 Å².